The highest BCUT2D eigenvalue weighted by Gasteiger charge is 2.51. The Hall–Kier alpha value is -2.74. The van der Waals surface area contributed by atoms with Crippen LogP contribution in [0.15, 0.2) is 40.3 Å². The first-order valence-electron chi connectivity index (χ1n) is 11.6. The van der Waals surface area contributed by atoms with E-state index in [0.29, 0.717) is 19.0 Å². The topological polar surface area (TPSA) is 89.4 Å². The molecule has 3 amide bonds. The standard InChI is InChI=1S/C24H32N6O2/c1-29(2)24(18-6-4-3-5-7-18)12-10-23(11-13-24)16-30(22(32)28-23)19-14-25-21(26-15-19)27-20(31)17-8-9-17/h3-7,14,17,19H,8-13,15-16H2,1-2H3,(H,28,32)(H,26,27,31). The number of hydrogen-bond acceptors (Lipinski definition) is 5. The van der Waals surface area contributed by atoms with Crippen LogP contribution >= 0.6 is 0 Å². The molecule has 2 N–H and O–H groups in total. The van der Waals surface area contributed by atoms with Crippen LogP contribution in [-0.4, -0.2) is 72.7 Å². The molecule has 1 aromatic carbocycles. The Kier molecular flexibility index (Phi) is 5.28. The zero-order valence-electron chi connectivity index (χ0n) is 18.9. The van der Waals surface area contributed by atoms with Crippen LogP contribution in [0.1, 0.15) is 44.1 Å². The highest BCUT2D eigenvalue weighted by atomic mass is 16.2. The molecule has 1 atom stereocenters. The third-order valence-electron chi connectivity index (χ3n) is 7.69. The number of carbonyl (C=O) groups is 2. The van der Waals surface area contributed by atoms with Crippen molar-refractivity contribution in [3.63, 3.8) is 0 Å². The largest absolute Gasteiger partial charge is 0.331 e. The zero-order chi connectivity index (χ0) is 22.3. The number of guanidine groups is 1. The number of hydrogen-bond donors (Lipinski definition) is 2. The van der Waals surface area contributed by atoms with E-state index >= 15 is 0 Å². The summed E-state index contributed by atoms with van der Waals surface area (Å²) in [5.74, 6) is 0.484. The van der Waals surface area contributed by atoms with E-state index in [1.807, 2.05) is 4.90 Å². The molecule has 2 aliphatic carbocycles. The van der Waals surface area contributed by atoms with Gasteiger partial charge >= 0.3 is 6.03 Å². The summed E-state index contributed by atoms with van der Waals surface area (Å²) in [6.07, 6.45) is 7.49. The van der Waals surface area contributed by atoms with Crippen molar-refractivity contribution in [2.45, 2.75) is 55.6 Å². The molecule has 8 nitrogen and oxygen atoms in total. The molecule has 1 aromatic rings. The van der Waals surface area contributed by atoms with Gasteiger partial charge in [-0.25, -0.2) is 14.8 Å². The predicted molar refractivity (Wildman–Crippen MR) is 124 cm³/mol. The molecule has 2 aliphatic heterocycles. The molecule has 3 fully saturated rings. The molecule has 8 heteroatoms. The number of nitrogens with one attached hydrogen (secondary N) is 2. The quantitative estimate of drug-likeness (QED) is 0.758. The Balaban J connectivity index is 1.23. The third-order valence-corrected chi connectivity index (χ3v) is 7.69. The maximum atomic E-state index is 12.9. The molecule has 0 radical (unpaired) electrons. The maximum absolute atomic E-state index is 12.9. The highest BCUT2D eigenvalue weighted by Crippen LogP contribution is 2.46. The van der Waals surface area contributed by atoms with E-state index in [1.165, 1.54) is 5.56 Å². The molecular formula is C24H32N6O2. The molecule has 2 saturated carbocycles. The van der Waals surface area contributed by atoms with Gasteiger partial charge in [0.2, 0.25) is 11.9 Å². The minimum atomic E-state index is -0.205. The van der Waals surface area contributed by atoms with E-state index in [0.717, 1.165) is 38.5 Å². The van der Waals surface area contributed by atoms with Gasteiger partial charge in [0.05, 0.1) is 18.1 Å². The summed E-state index contributed by atoms with van der Waals surface area (Å²) in [4.78, 5) is 37.8. The second-order valence-electron chi connectivity index (χ2n) is 9.90. The van der Waals surface area contributed by atoms with Crippen molar-refractivity contribution in [1.29, 1.82) is 0 Å². The van der Waals surface area contributed by atoms with Gasteiger partial charge in [0, 0.05) is 24.2 Å². The number of benzene rings is 1. The van der Waals surface area contributed by atoms with Gasteiger partial charge in [0.25, 0.3) is 0 Å². The van der Waals surface area contributed by atoms with E-state index in [1.54, 1.807) is 6.21 Å². The van der Waals surface area contributed by atoms with Crippen molar-refractivity contribution in [2.75, 3.05) is 27.2 Å². The van der Waals surface area contributed by atoms with Crippen LogP contribution < -0.4 is 10.6 Å². The lowest BCUT2D eigenvalue weighted by molar-refractivity contribution is -0.120. The lowest BCUT2D eigenvalue weighted by atomic mass is 9.69. The second-order valence-corrected chi connectivity index (χ2v) is 9.90. The van der Waals surface area contributed by atoms with Gasteiger partial charge in [-0.3, -0.25) is 15.0 Å². The Morgan fingerprint density at radius 1 is 1.16 bits per heavy atom. The number of nitrogens with zero attached hydrogens (tertiary/aromatic N) is 4. The summed E-state index contributed by atoms with van der Waals surface area (Å²) >= 11 is 0. The number of amides is 3. The smallest absolute Gasteiger partial charge is 0.318 e. The van der Waals surface area contributed by atoms with E-state index in [9.17, 15) is 9.59 Å². The van der Waals surface area contributed by atoms with Gasteiger partial charge < -0.3 is 10.2 Å². The summed E-state index contributed by atoms with van der Waals surface area (Å²) < 4.78 is 0. The number of aliphatic imine (C=N–C) groups is 2. The van der Waals surface area contributed by atoms with E-state index < -0.39 is 0 Å². The van der Waals surface area contributed by atoms with Crippen LogP contribution in [0.2, 0.25) is 0 Å². The van der Waals surface area contributed by atoms with E-state index in [4.69, 9.17) is 0 Å². The van der Waals surface area contributed by atoms with Crippen LogP contribution in [-0.2, 0) is 10.3 Å². The first kappa shape index (κ1) is 21.1. The minimum Gasteiger partial charge on any atom is -0.331 e. The summed E-state index contributed by atoms with van der Waals surface area (Å²) in [5, 5.41) is 6.08. The minimum absolute atomic E-state index is 0.00205. The molecule has 32 heavy (non-hydrogen) atoms. The van der Waals surface area contributed by atoms with E-state index in [2.05, 4.69) is 69.9 Å². The predicted octanol–water partition coefficient (Wildman–Crippen LogP) is 2.12. The fourth-order valence-electron chi connectivity index (χ4n) is 5.40. The summed E-state index contributed by atoms with van der Waals surface area (Å²) in [7, 11) is 4.31. The van der Waals surface area contributed by atoms with Crippen molar-refractivity contribution < 1.29 is 9.59 Å². The fraction of sp³-hybridized carbons (Fsp3) is 0.583. The Labute approximate surface area is 189 Å². The molecule has 1 unspecified atom stereocenters. The molecule has 0 bridgehead atoms. The molecule has 4 aliphatic rings. The highest BCUT2D eigenvalue weighted by molar-refractivity contribution is 6.03. The number of rotatable bonds is 4. The summed E-state index contributed by atoms with van der Waals surface area (Å²) in [5.41, 5.74) is 1.13. The van der Waals surface area contributed by atoms with Crippen LogP contribution in [0.4, 0.5) is 4.79 Å². The molecular weight excluding hydrogens is 404 g/mol. The summed E-state index contributed by atoms with van der Waals surface area (Å²) in [6, 6.07) is 10.5. The van der Waals surface area contributed by atoms with Crippen molar-refractivity contribution >= 4 is 24.1 Å². The maximum Gasteiger partial charge on any atom is 0.318 e. The average Bonchev–Trinajstić information content (AvgIpc) is 3.60. The van der Waals surface area contributed by atoms with Gasteiger partial charge in [-0.15, -0.1) is 0 Å². The summed E-state index contributed by atoms with van der Waals surface area (Å²) in [6.45, 7) is 1.10. The Morgan fingerprint density at radius 3 is 2.47 bits per heavy atom. The number of urea groups is 1. The van der Waals surface area contributed by atoms with Gasteiger partial charge in [0.15, 0.2) is 0 Å². The van der Waals surface area contributed by atoms with Crippen LogP contribution in [0.3, 0.4) is 0 Å². The normalized spacial score (nSPS) is 32.2. The third kappa shape index (κ3) is 3.81. The first-order chi connectivity index (χ1) is 15.4. The molecule has 0 aromatic heterocycles. The molecule has 1 spiro atoms. The van der Waals surface area contributed by atoms with Gasteiger partial charge in [-0.2, -0.15) is 0 Å². The first-order valence-corrected chi connectivity index (χ1v) is 11.6. The molecule has 2 heterocycles. The van der Waals surface area contributed by atoms with E-state index in [-0.39, 0.29) is 35.0 Å². The Bertz CT molecular complexity index is 944. The lowest BCUT2D eigenvalue weighted by Gasteiger charge is -2.48. The molecule has 170 valence electrons. The van der Waals surface area contributed by atoms with Crippen molar-refractivity contribution in [3.05, 3.63) is 35.9 Å². The van der Waals surface area contributed by atoms with Crippen LogP contribution in [0.5, 0.6) is 0 Å². The van der Waals surface area contributed by atoms with Crippen LogP contribution in [0.25, 0.3) is 0 Å². The monoisotopic (exact) mass is 436 g/mol. The SMILES string of the molecule is CN(C)C1(c2ccccc2)CCC2(CC1)CN(C1C=NC(NC(=O)C3CC3)=NC1)C(=O)N2. The Morgan fingerprint density at radius 2 is 1.88 bits per heavy atom. The van der Waals surface area contributed by atoms with Gasteiger partial charge in [0.1, 0.15) is 0 Å². The number of carbonyl (C=O) groups excluding carboxylic acids is 2. The lowest BCUT2D eigenvalue weighted by Crippen LogP contribution is -2.54. The van der Waals surface area contributed by atoms with Crippen molar-refractivity contribution in [2.24, 2.45) is 15.9 Å². The van der Waals surface area contributed by atoms with Crippen LogP contribution in [0, 0.1) is 5.92 Å². The molecule has 1 saturated heterocycles. The van der Waals surface area contributed by atoms with Crippen molar-refractivity contribution in [1.82, 2.24) is 20.4 Å². The average molecular weight is 437 g/mol. The van der Waals surface area contributed by atoms with Gasteiger partial charge in [-0.05, 0) is 58.2 Å². The molecule has 5 rings (SSSR count). The second kappa shape index (κ2) is 7.99. The van der Waals surface area contributed by atoms with Gasteiger partial charge in [-0.1, -0.05) is 30.3 Å². The zero-order valence-corrected chi connectivity index (χ0v) is 18.9. The van der Waals surface area contributed by atoms with Crippen molar-refractivity contribution in [3.8, 4) is 0 Å². The fourth-order valence-corrected chi connectivity index (χ4v) is 5.40.